The standard InChI is InChI=1S/C19H18N2O7/c1-20(19(23)26-11-13-5-3-2-4-6-13)8-7-16(22)14-9-17-18(28-12-27-17)10-15(14)21(24)25/h2-6,9-10H,7-8,11-12H2,1H3. The van der Waals surface area contributed by atoms with Gasteiger partial charge in [0.2, 0.25) is 6.79 Å². The molecule has 0 saturated heterocycles. The monoisotopic (exact) mass is 386 g/mol. The molecule has 0 N–H and O–H groups in total. The molecule has 1 amide bonds. The van der Waals surface area contributed by atoms with E-state index in [0.717, 1.165) is 5.56 Å². The van der Waals surface area contributed by atoms with Crippen LogP contribution in [0, 0.1) is 10.1 Å². The van der Waals surface area contributed by atoms with Crippen molar-refractivity contribution in [2.45, 2.75) is 13.0 Å². The van der Waals surface area contributed by atoms with E-state index in [0.29, 0.717) is 0 Å². The van der Waals surface area contributed by atoms with Crippen molar-refractivity contribution in [1.82, 2.24) is 4.90 Å². The minimum atomic E-state index is -0.646. The number of nitro benzene ring substituents is 1. The molecule has 0 spiro atoms. The van der Waals surface area contributed by atoms with Crippen LogP contribution in [0.5, 0.6) is 11.5 Å². The van der Waals surface area contributed by atoms with Crippen molar-refractivity contribution in [3.8, 4) is 11.5 Å². The van der Waals surface area contributed by atoms with Crippen LogP contribution in [-0.2, 0) is 11.3 Å². The first-order chi connectivity index (χ1) is 13.5. The highest BCUT2D eigenvalue weighted by atomic mass is 16.7. The number of ether oxygens (including phenoxy) is 3. The molecule has 2 aromatic rings. The molecular formula is C19H18N2O7. The second-order valence-electron chi connectivity index (χ2n) is 6.11. The number of carbonyl (C=O) groups is 2. The average molecular weight is 386 g/mol. The summed E-state index contributed by atoms with van der Waals surface area (Å²) in [6.45, 7) is 0.115. The van der Waals surface area contributed by atoms with Crippen molar-refractivity contribution < 1.29 is 28.7 Å². The van der Waals surface area contributed by atoms with E-state index in [1.807, 2.05) is 30.3 Å². The third-order valence-electron chi connectivity index (χ3n) is 4.18. The first-order valence-corrected chi connectivity index (χ1v) is 8.48. The third kappa shape index (κ3) is 4.37. The van der Waals surface area contributed by atoms with Gasteiger partial charge < -0.3 is 19.1 Å². The Morgan fingerprint density at radius 1 is 1.18 bits per heavy atom. The van der Waals surface area contributed by atoms with Crippen LogP contribution in [0.2, 0.25) is 0 Å². The zero-order valence-electron chi connectivity index (χ0n) is 15.1. The van der Waals surface area contributed by atoms with Crippen LogP contribution in [0.15, 0.2) is 42.5 Å². The molecule has 28 heavy (non-hydrogen) atoms. The van der Waals surface area contributed by atoms with Crippen molar-refractivity contribution >= 4 is 17.6 Å². The molecule has 0 aliphatic carbocycles. The Morgan fingerprint density at radius 3 is 2.54 bits per heavy atom. The summed E-state index contributed by atoms with van der Waals surface area (Å²) >= 11 is 0. The minimum Gasteiger partial charge on any atom is -0.454 e. The lowest BCUT2D eigenvalue weighted by molar-refractivity contribution is -0.385. The largest absolute Gasteiger partial charge is 0.454 e. The molecule has 2 aromatic carbocycles. The number of hydrogen-bond donors (Lipinski definition) is 0. The summed E-state index contributed by atoms with van der Waals surface area (Å²) in [5.74, 6) is 0.0298. The Bertz CT molecular complexity index is 899. The average Bonchev–Trinajstić information content (AvgIpc) is 3.17. The predicted octanol–water partition coefficient (Wildman–Crippen LogP) is 3.16. The van der Waals surface area contributed by atoms with Crippen molar-refractivity contribution in [3.05, 3.63) is 63.7 Å². The van der Waals surface area contributed by atoms with E-state index in [1.54, 1.807) is 0 Å². The Balaban J connectivity index is 1.59. The van der Waals surface area contributed by atoms with E-state index >= 15 is 0 Å². The molecule has 9 heteroatoms. The molecule has 0 aromatic heterocycles. The van der Waals surface area contributed by atoms with Crippen LogP contribution < -0.4 is 9.47 Å². The lowest BCUT2D eigenvalue weighted by Gasteiger charge is -2.16. The molecule has 0 saturated carbocycles. The van der Waals surface area contributed by atoms with Gasteiger partial charge in [-0.2, -0.15) is 0 Å². The summed E-state index contributed by atoms with van der Waals surface area (Å²) in [6, 6.07) is 11.7. The number of hydrogen-bond acceptors (Lipinski definition) is 7. The van der Waals surface area contributed by atoms with Crippen molar-refractivity contribution in [3.63, 3.8) is 0 Å². The van der Waals surface area contributed by atoms with Crippen molar-refractivity contribution in [2.75, 3.05) is 20.4 Å². The van der Waals surface area contributed by atoms with Crippen LogP contribution in [0.3, 0.4) is 0 Å². The Kier molecular flexibility index (Phi) is 5.73. The number of Topliss-reactive ketones (excluding diaryl/α,β-unsaturated/α-hetero) is 1. The predicted molar refractivity (Wildman–Crippen MR) is 97.4 cm³/mol. The van der Waals surface area contributed by atoms with E-state index < -0.39 is 16.8 Å². The highest BCUT2D eigenvalue weighted by molar-refractivity contribution is 6.01. The summed E-state index contributed by atoms with van der Waals surface area (Å²) in [6.07, 6.45) is -0.686. The maximum Gasteiger partial charge on any atom is 0.409 e. The first-order valence-electron chi connectivity index (χ1n) is 8.48. The van der Waals surface area contributed by atoms with Crippen LogP contribution in [-0.4, -0.2) is 42.1 Å². The Morgan fingerprint density at radius 2 is 1.86 bits per heavy atom. The van der Waals surface area contributed by atoms with Gasteiger partial charge in [-0.25, -0.2) is 4.79 Å². The lowest BCUT2D eigenvalue weighted by atomic mass is 10.0. The third-order valence-corrected chi connectivity index (χ3v) is 4.18. The molecule has 0 radical (unpaired) electrons. The molecule has 9 nitrogen and oxygen atoms in total. The number of nitro groups is 1. The molecular weight excluding hydrogens is 368 g/mol. The number of rotatable bonds is 7. The molecule has 1 aliphatic rings. The number of nitrogens with zero attached hydrogens (tertiary/aromatic N) is 2. The van der Waals surface area contributed by atoms with Gasteiger partial charge >= 0.3 is 6.09 Å². The first kappa shape index (κ1) is 19.2. The van der Waals surface area contributed by atoms with Gasteiger partial charge in [0.15, 0.2) is 17.3 Å². The van der Waals surface area contributed by atoms with Gasteiger partial charge in [-0.05, 0) is 5.56 Å². The van der Waals surface area contributed by atoms with Crippen molar-refractivity contribution in [1.29, 1.82) is 0 Å². The highest BCUT2D eigenvalue weighted by Gasteiger charge is 2.27. The number of carbonyl (C=O) groups excluding carboxylic acids is 2. The fourth-order valence-electron chi connectivity index (χ4n) is 2.63. The molecule has 1 aliphatic heterocycles. The minimum absolute atomic E-state index is 0.0536. The van der Waals surface area contributed by atoms with Gasteiger partial charge in [-0.1, -0.05) is 30.3 Å². The summed E-state index contributed by atoms with van der Waals surface area (Å²) in [5.41, 5.74) is 0.403. The fraction of sp³-hybridized carbons (Fsp3) is 0.263. The SMILES string of the molecule is CN(CCC(=O)c1cc2c(cc1[N+](=O)[O-])OCO2)C(=O)OCc1ccccc1. The highest BCUT2D eigenvalue weighted by Crippen LogP contribution is 2.38. The Hall–Kier alpha value is -3.62. The molecule has 0 unspecified atom stereocenters. The molecule has 146 valence electrons. The normalized spacial score (nSPS) is 11.8. The van der Waals surface area contributed by atoms with Gasteiger partial charge in [0.05, 0.1) is 16.6 Å². The molecule has 0 bridgehead atoms. The molecule has 3 rings (SSSR count). The second kappa shape index (κ2) is 8.38. The number of amides is 1. The second-order valence-corrected chi connectivity index (χ2v) is 6.11. The zero-order valence-corrected chi connectivity index (χ0v) is 15.1. The van der Waals surface area contributed by atoms with Crippen LogP contribution in [0.25, 0.3) is 0 Å². The van der Waals surface area contributed by atoms with Gasteiger partial charge in [0.25, 0.3) is 5.69 Å². The topological polar surface area (TPSA) is 108 Å². The quantitative estimate of drug-likeness (QED) is 0.408. The van der Waals surface area contributed by atoms with Crippen LogP contribution >= 0.6 is 0 Å². The van der Waals surface area contributed by atoms with Crippen LogP contribution in [0.4, 0.5) is 10.5 Å². The van der Waals surface area contributed by atoms with E-state index in [1.165, 1.54) is 24.1 Å². The summed E-state index contributed by atoms with van der Waals surface area (Å²) < 4.78 is 15.5. The van der Waals surface area contributed by atoms with Gasteiger partial charge in [0, 0.05) is 26.1 Å². The van der Waals surface area contributed by atoms with E-state index in [4.69, 9.17) is 14.2 Å². The van der Waals surface area contributed by atoms with E-state index in [9.17, 15) is 19.7 Å². The summed E-state index contributed by atoms with van der Waals surface area (Å²) in [5, 5.41) is 11.3. The number of fused-ring (bicyclic) bond motifs is 1. The van der Waals surface area contributed by atoms with E-state index in [-0.39, 0.29) is 49.1 Å². The van der Waals surface area contributed by atoms with Crippen LogP contribution in [0.1, 0.15) is 22.3 Å². The zero-order chi connectivity index (χ0) is 20.1. The number of ketones is 1. The van der Waals surface area contributed by atoms with Gasteiger partial charge in [-0.3, -0.25) is 14.9 Å². The molecule has 0 fully saturated rings. The lowest BCUT2D eigenvalue weighted by Crippen LogP contribution is -2.29. The summed E-state index contributed by atoms with van der Waals surface area (Å²) in [7, 11) is 1.49. The smallest absolute Gasteiger partial charge is 0.409 e. The fourth-order valence-corrected chi connectivity index (χ4v) is 2.63. The molecule has 0 atom stereocenters. The van der Waals surface area contributed by atoms with Gasteiger partial charge in [0.1, 0.15) is 6.61 Å². The maximum absolute atomic E-state index is 12.5. The Labute approximate surface area is 160 Å². The maximum atomic E-state index is 12.5. The number of benzene rings is 2. The van der Waals surface area contributed by atoms with Gasteiger partial charge in [-0.15, -0.1) is 0 Å². The molecule has 1 heterocycles. The van der Waals surface area contributed by atoms with E-state index in [2.05, 4.69) is 0 Å². The van der Waals surface area contributed by atoms with Crippen molar-refractivity contribution in [2.24, 2.45) is 0 Å². The summed E-state index contributed by atoms with van der Waals surface area (Å²) in [4.78, 5) is 36.4.